The summed E-state index contributed by atoms with van der Waals surface area (Å²) in [6.07, 6.45) is 1.11. The highest BCUT2D eigenvalue weighted by atomic mass is 16.2. The van der Waals surface area contributed by atoms with Crippen LogP contribution < -0.4 is 0 Å². The van der Waals surface area contributed by atoms with Gasteiger partial charge >= 0.3 is 0 Å². The number of hydrogen-bond donors (Lipinski definition) is 0. The topological polar surface area (TPSA) is 20.3 Å². The van der Waals surface area contributed by atoms with Crippen LogP contribution in [0.2, 0.25) is 0 Å². The Balaban J connectivity index is 2.71. The Morgan fingerprint density at radius 2 is 1.88 bits per heavy atom. The summed E-state index contributed by atoms with van der Waals surface area (Å²) >= 11 is 0. The number of carbonyl (C=O) groups is 1. The molecule has 0 saturated heterocycles. The van der Waals surface area contributed by atoms with Gasteiger partial charge in [0.25, 0.3) is 0 Å². The number of amides is 1. The van der Waals surface area contributed by atoms with Crippen molar-refractivity contribution in [3.63, 3.8) is 0 Å². The Bertz CT molecular complexity index is 347. The van der Waals surface area contributed by atoms with Gasteiger partial charge in [-0.05, 0) is 23.8 Å². The minimum absolute atomic E-state index is 0.139. The standard InChI is InChI=1S/C15H23NO/c1-5-15(14-9-7-6-8-10-14)12(2)11-16(4)13(3)17/h6-10,12,15H,5,11H2,1-4H3. The van der Waals surface area contributed by atoms with Crippen LogP contribution in [0, 0.1) is 5.92 Å². The predicted molar refractivity (Wildman–Crippen MR) is 71.9 cm³/mol. The van der Waals surface area contributed by atoms with Crippen LogP contribution in [0.25, 0.3) is 0 Å². The van der Waals surface area contributed by atoms with Gasteiger partial charge in [0, 0.05) is 20.5 Å². The van der Waals surface area contributed by atoms with Gasteiger partial charge in [0.05, 0.1) is 0 Å². The van der Waals surface area contributed by atoms with E-state index in [1.165, 1.54) is 5.56 Å². The Morgan fingerprint density at radius 1 is 1.29 bits per heavy atom. The third-order valence-corrected chi connectivity index (χ3v) is 3.45. The van der Waals surface area contributed by atoms with Crippen molar-refractivity contribution in [2.45, 2.75) is 33.1 Å². The van der Waals surface area contributed by atoms with Crippen LogP contribution in [0.1, 0.15) is 38.7 Å². The van der Waals surface area contributed by atoms with Crippen molar-refractivity contribution in [3.05, 3.63) is 35.9 Å². The zero-order valence-electron chi connectivity index (χ0n) is 11.3. The van der Waals surface area contributed by atoms with Crippen molar-refractivity contribution >= 4 is 5.91 Å². The summed E-state index contributed by atoms with van der Waals surface area (Å²) in [4.78, 5) is 13.1. The van der Waals surface area contributed by atoms with Gasteiger partial charge in [0.1, 0.15) is 0 Å². The molecular weight excluding hydrogens is 210 g/mol. The Labute approximate surface area is 105 Å². The van der Waals surface area contributed by atoms with Crippen molar-refractivity contribution in [1.82, 2.24) is 4.90 Å². The van der Waals surface area contributed by atoms with E-state index >= 15 is 0 Å². The van der Waals surface area contributed by atoms with Crippen molar-refractivity contribution < 1.29 is 4.79 Å². The number of rotatable bonds is 5. The molecule has 0 N–H and O–H groups in total. The molecule has 1 amide bonds. The molecule has 0 fully saturated rings. The third kappa shape index (κ3) is 3.88. The minimum atomic E-state index is 0.139. The average Bonchev–Trinajstić information content (AvgIpc) is 2.31. The number of carbonyl (C=O) groups excluding carboxylic acids is 1. The molecule has 0 radical (unpaired) electrons. The molecule has 1 aromatic rings. The van der Waals surface area contributed by atoms with E-state index in [1.54, 1.807) is 11.8 Å². The van der Waals surface area contributed by atoms with Crippen LogP contribution in [0.5, 0.6) is 0 Å². The summed E-state index contributed by atoms with van der Waals surface area (Å²) in [5, 5.41) is 0. The van der Waals surface area contributed by atoms with E-state index in [4.69, 9.17) is 0 Å². The lowest BCUT2D eigenvalue weighted by Crippen LogP contribution is -2.31. The SMILES string of the molecule is CCC(c1ccccc1)C(C)CN(C)C(C)=O. The highest BCUT2D eigenvalue weighted by Crippen LogP contribution is 2.28. The van der Waals surface area contributed by atoms with Crippen molar-refractivity contribution in [2.75, 3.05) is 13.6 Å². The molecular formula is C15H23NO. The molecule has 1 rings (SSSR count). The molecule has 0 aliphatic rings. The number of hydrogen-bond acceptors (Lipinski definition) is 1. The molecule has 2 unspecified atom stereocenters. The average molecular weight is 233 g/mol. The van der Waals surface area contributed by atoms with E-state index < -0.39 is 0 Å². The molecule has 0 spiro atoms. The maximum atomic E-state index is 11.3. The number of benzene rings is 1. The summed E-state index contributed by atoms with van der Waals surface area (Å²) in [6, 6.07) is 10.6. The number of nitrogens with zero attached hydrogens (tertiary/aromatic N) is 1. The van der Waals surface area contributed by atoms with Crippen LogP contribution in [-0.2, 0) is 4.79 Å². The second kappa shape index (κ2) is 6.43. The first-order chi connectivity index (χ1) is 8.06. The lowest BCUT2D eigenvalue weighted by Gasteiger charge is -2.27. The molecule has 94 valence electrons. The molecule has 17 heavy (non-hydrogen) atoms. The van der Waals surface area contributed by atoms with Crippen LogP contribution >= 0.6 is 0 Å². The first-order valence-corrected chi connectivity index (χ1v) is 6.32. The predicted octanol–water partition coefficient (Wildman–Crippen LogP) is 3.29. The van der Waals surface area contributed by atoms with E-state index in [9.17, 15) is 4.79 Å². The smallest absolute Gasteiger partial charge is 0.219 e. The maximum absolute atomic E-state index is 11.3. The molecule has 2 atom stereocenters. The second-order valence-electron chi connectivity index (χ2n) is 4.80. The first kappa shape index (κ1) is 13.8. The maximum Gasteiger partial charge on any atom is 0.219 e. The Kier molecular flexibility index (Phi) is 5.20. The molecule has 2 nitrogen and oxygen atoms in total. The van der Waals surface area contributed by atoms with E-state index in [0.717, 1.165) is 13.0 Å². The zero-order chi connectivity index (χ0) is 12.8. The van der Waals surface area contributed by atoms with Gasteiger partial charge in [0.15, 0.2) is 0 Å². The molecule has 0 aliphatic carbocycles. The molecule has 0 saturated carbocycles. The van der Waals surface area contributed by atoms with Crippen LogP contribution in [0.15, 0.2) is 30.3 Å². The molecule has 0 heterocycles. The minimum Gasteiger partial charge on any atom is -0.346 e. The Morgan fingerprint density at radius 3 is 2.35 bits per heavy atom. The van der Waals surface area contributed by atoms with Gasteiger partial charge in [-0.2, -0.15) is 0 Å². The normalized spacial score (nSPS) is 14.1. The Hall–Kier alpha value is -1.31. The largest absolute Gasteiger partial charge is 0.346 e. The zero-order valence-corrected chi connectivity index (χ0v) is 11.3. The molecule has 1 aromatic carbocycles. The highest BCUT2D eigenvalue weighted by Gasteiger charge is 2.19. The summed E-state index contributed by atoms with van der Waals surface area (Å²) in [5.41, 5.74) is 1.37. The van der Waals surface area contributed by atoms with Crippen molar-refractivity contribution in [2.24, 2.45) is 5.92 Å². The van der Waals surface area contributed by atoms with Gasteiger partial charge in [0.2, 0.25) is 5.91 Å². The molecule has 0 aliphatic heterocycles. The first-order valence-electron chi connectivity index (χ1n) is 6.32. The molecule has 2 heteroatoms. The summed E-state index contributed by atoms with van der Waals surface area (Å²) in [7, 11) is 1.87. The van der Waals surface area contributed by atoms with Crippen molar-refractivity contribution in [3.8, 4) is 0 Å². The van der Waals surface area contributed by atoms with Crippen LogP contribution in [0.4, 0.5) is 0 Å². The second-order valence-corrected chi connectivity index (χ2v) is 4.80. The summed E-state index contributed by atoms with van der Waals surface area (Å²) in [5.74, 6) is 1.15. The van der Waals surface area contributed by atoms with E-state index in [-0.39, 0.29) is 5.91 Å². The van der Waals surface area contributed by atoms with Gasteiger partial charge in [-0.15, -0.1) is 0 Å². The van der Waals surface area contributed by atoms with E-state index in [1.807, 2.05) is 13.1 Å². The summed E-state index contributed by atoms with van der Waals surface area (Å²) in [6.45, 7) is 6.88. The molecule has 0 aromatic heterocycles. The third-order valence-electron chi connectivity index (χ3n) is 3.45. The van der Waals surface area contributed by atoms with Crippen LogP contribution in [-0.4, -0.2) is 24.4 Å². The fourth-order valence-electron chi connectivity index (χ4n) is 2.35. The fraction of sp³-hybridized carbons (Fsp3) is 0.533. The van der Waals surface area contributed by atoms with Crippen LogP contribution in [0.3, 0.4) is 0 Å². The molecule has 0 bridgehead atoms. The van der Waals surface area contributed by atoms with Gasteiger partial charge in [-0.3, -0.25) is 4.79 Å². The monoisotopic (exact) mass is 233 g/mol. The fourth-order valence-corrected chi connectivity index (χ4v) is 2.35. The van der Waals surface area contributed by atoms with Gasteiger partial charge in [-0.1, -0.05) is 44.2 Å². The summed E-state index contributed by atoms with van der Waals surface area (Å²) < 4.78 is 0. The quantitative estimate of drug-likeness (QED) is 0.764. The van der Waals surface area contributed by atoms with E-state index in [2.05, 4.69) is 38.1 Å². The van der Waals surface area contributed by atoms with E-state index in [0.29, 0.717) is 11.8 Å². The van der Waals surface area contributed by atoms with Crippen molar-refractivity contribution in [1.29, 1.82) is 0 Å². The van der Waals surface area contributed by atoms with Gasteiger partial charge in [-0.25, -0.2) is 0 Å². The van der Waals surface area contributed by atoms with Gasteiger partial charge < -0.3 is 4.90 Å². The highest BCUT2D eigenvalue weighted by molar-refractivity contribution is 5.72. The lowest BCUT2D eigenvalue weighted by atomic mass is 9.85. The lowest BCUT2D eigenvalue weighted by molar-refractivity contribution is -0.128.